The van der Waals surface area contributed by atoms with Crippen LogP contribution in [0.1, 0.15) is 22.3 Å². The number of para-hydroxylation sites is 1. The summed E-state index contributed by atoms with van der Waals surface area (Å²) in [5, 5.41) is 10.0. The lowest BCUT2D eigenvalue weighted by Crippen LogP contribution is -2.07. The van der Waals surface area contributed by atoms with Gasteiger partial charge in [0.1, 0.15) is 23.7 Å². The summed E-state index contributed by atoms with van der Waals surface area (Å²) in [6, 6.07) is 10.1. The normalized spacial score (nSPS) is 13.3. The third-order valence-electron chi connectivity index (χ3n) is 5.12. The summed E-state index contributed by atoms with van der Waals surface area (Å²) in [7, 11) is 1.96. The number of benzene rings is 2. The van der Waals surface area contributed by atoms with Gasteiger partial charge in [-0.3, -0.25) is 9.69 Å². The number of nitrogens with two attached hydrogens (primary N) is 2. The molecule has 4 rings (SSSR count). The number of carbonyl (C=O) groups is 1. The lowest BCUT2D eigenvalue weighted by Gasteiger charge is -2.08. The number of fused-ring (bicyclic) bond motifs is 1. The molecule has 0 bridgehead atoms. The summed E-state index contributed by atoms with van der Waals surface area (Å²) in [4.78, 5) is 14.3. The number of nitrogens with zero attached hydrogens (tertiary/aromatic N) is 1. The van der Waals surface area contributed by atoms with Crippen molar-refractivity contribution in [2.75, 3.05) is 12.8 Å². The number of phenolic OH excluding ortho intramolecular Hbond substituents is 1. The van der Waals surface area contributed by atoms with Gasteiger partial charge in [0.2, 0.25) is 0 Å². The second-order valence-electron chi connectivity index (χ2n) is 7.35. The van der Waals surface area contributed by atoms with Crippen LogP contribution in [-0.2, 0) is 17.9 Å². The van der Waals surface area contributed by atoms with E-state index in [1.165, 1.54) is 12.1 Å². The van der Waals surface area contributed by atoms with E-state index in [0.29, 0.717) is 47.6 Å². The maximum absolute atomic E-state index is 14.2. The van der Waals surface area contributed by atoms with Crippen LogP contribution in [0.3, 0.4) is 0 Å². The van der Waals surface area contributed by atoms with Crippen LogP contribution < -0.4 is 11.5 Å². The van der Waals surface area contributed by atoms with Gasteiger partial charge in [0.25, 0.3) is 0 Å². The van der Waals surface area contributed by atoms with Crippen molar-refractivity contribution >= 4 is 39.8 Å². The number of nitrogen functional groups attached to an aromatic ring is 1. The minimum atomic E-state index is -0.192. The molecule has 2 heterocycles. The van der Waals surface area contributed by atoms with Gasteiger partial charge in [-0.1, -0.05) is 18.7 Å². The van der Waals surface area contributed by atoms with Crippen molar-refractivity contribution in [2.45, 2.75) is 13.1 Å². The van der Waals surface area contributed by atoms with E-state index in [1.54, 1.807) is 36.4 Å². The monoisotopic (exact) mass is 498 g/mol. The third-order valence-corrected chi connectivity index (χ3v) is 5.94. The first-order chi connectivity index (χ1) is 15.3. The van der Waals surface area contributed by atoms with Crippen molar-refractivity contribution in [3.63, 3.8) is 0 Å². The average Bonchev–Trinajstić information content (AvgIpc) is 3.30. The molecular formula is C24H24BrFN4O2. The van der Waals surface area contributed by atoms with Crippen LogP contribution in [0, 0.1) is 5.82 Å². The number of rotatable bonds is 4. The Kier molecular flexibility index (Phi) is 7.17. The lowest BCUT2D eigenvalue weighted by atomic mass is 10.00. The molecule has 1 aliphatic rings. The quantitative estimate of drug-likeness (QED) is 0.309. The van der Waals surface area contributed by atoms with Gasteiger partial charge in [0, 0.05) is 41.0 Å². The summed E-state index contributed by atoms with van der Waals surface area (Å²) in [5.74, 6) is 0.341. The minimum Gasteiger partial charge on any atom is -0.507 e. The highest BCUT2D eigenvalue weighted by atomic mass is 79.9. The topological polar surface area (TPSA) is 108 Å². The van der Waals surface area contributed by atoms with Crippen molar-refractivity contribution in [2.24, 2.45) is 5.73 Å². The Labute approximate surface area is 194 Å². The van der Waals surface area contributed by atoms with E-state index in [-0.39, 0.29) is 11.6 Å². The number of hydrogen-bond donors (Lipinski definition) is 4. The Morgan fingerprint density at radius 3 is 2.56 bits per heavy atom. The predicted molar refractivity (Wildman–Crippen MR) is 130 cm³/mol. The van der Waals surface area contributed by atoms with Crippen LogP contribution in [0.5, 0.6) is 5.75 Å². The summed E-state index contributed by atoms with van der Waals surface area (Å²) in [6.07, 6.45) is 3.55. The Balaban J connectivity index is 0.000000668. The Morgan fingerprint density at radius 2 is 1.91 bits per heavy atom. The summed E-state index contributed by atoms with van der Waals surface area (Å²) in [5.41, 5.74) is 17.4. The molecule has 1 aromatic heterocycles. The molecule has 0 unspecified atom stereocenters. The molecule has 8 heteroatoms. The highest BCUT2D eigenvalue weighted by molar-refractivity contribution is 9.10. The number of aromatic hydroxyl groups is 1. The zero-order valence-corrected chi connectivity index (χ0v) is 19.1. The number of aromatic nitrogens is 1. The Hall–Kier alpha value is -3.36. The molecule has 0 saturated carbocycles. The van der Waals surface area contributed by atoms with E-state index in [9.17, 15) is 9.50 Å². The average molecular weight is 499 g/mol. The van der Waals surface area contributed by atoms with Gasteiger partial charge in [0.05, 0.1) is 10.2 Å². The summed E-state index contributed by atoms with van der Waals surface area (Å²) in [6.45, 7) is 4.36. The van der Waals surface area contributed by atoms with Crippen molar-refractivity contribution in [3.8, 4) is 17.0 Å². The van der Waals surface area contributed by atoms with Crippen molar-refractivity contribution in [1.29, 1.82) is 0 Å². The van der Waals surface area contributed by atoms with E-state index in [4.69, 9.17) is 16.3 Å². The Morgan fingerprint density at radius 1 is 1.25 bits per heavy atom. The third kappa shape index (κ3) is 4.61. The molecule has 0 aliphatic carbocycles. The van der Waals surface area contributed by atoms with E-state index in [2.05, 4.69) is 32.4 Å². The second-order valence-corrected chi connectivity index (χ2v) is 8.15. The first kappa shape index (κ1) is 23.3. The molecule has 6 nitrogen and oxygen atoms in total. The molecule has 1 aliphatic heterocycles. The van der Waals surface area contributed by atoms with E-state index in [1.807, 2.05) is 7.05 Å². The SMILES string of the molecule is C=CC=O.CN1Cc2c(F)ccc(-c3[nH]c(N)c(/C=C(\N)c4ccccc4O)c3Br)c2C1. The van der Waals surface area contributed by atoms with Crippen molar-refractivity contribution in [3.05, 3.63) is 81.6 Å². The minimum absolute atomic E-state index is 0.0982. The predicted octanol–water partition coefficient (Wildman–Crippen LogP) is 4.64. The standard InChI is InChI=1S/C21H20BrFN4O.C3H4O/c1-27-9-14-11(6-7-16(23)15(14)10-27)20-19(22)13(21(25)26-20)8-17(24)12-4-2-3-5-18(12)28;1-2-3-4/h2-8,26,28H,9-10,24-25H2,1H3;2-3H,1H2/b17-8-;. The number of anilines is 1. The van der Waals surface area contributed by atoms with Gasteiger partial charge in [-0.05, 0) is 65.0 Å². The largest absolute Gasteiger partial charge is 0.507 e. The molecular weight excluding hydrogens is 475 g/mol. The lowest BCUT2D eigenvalue weighted by molar-refractivity contribution is -0.104. The van der Waals surface area contributed by atoms with Gasteiger partial charge in [-0.25, -0.2) is 4.39 Å². The maximum atomic E-state index is 14.2. The maximum Gasteiger partial charge on any atom is 0.142 e. The second kappa shape index (κ2) is 9.84. The molecule has 0 amide bonds. The highest BCUT2D eigenvalue weighted by Gasteiger charge is 2.25. The fraction of sp³-hybridized carbons (Fsp3) is 0.125. The highest BCUT2D eigenvalue weighted by Crippen LogP contribution is 2.41. The van der Waals surface area contributed by atoms with E-state index >= 15 is 0 Å². The van der Waals surface area contributed by atoms with Crippen LogP contribution in [0.2, 0.25) is 0 Å². The molecule has 0 spiro atoms. The number of phenols is 1. The number of H-pyrrole nitrogens is 1. The molecule has 0 fully saturated rings. The van der Waals surface area contributed by atoms with Crippen LogP contribution in [0.4, 0.5) is 10.2 Å². The zero-order valence-electron chi connectivity index (χ0n) is 17.5. The van der Waals surface area contributed by atoms with E-state index < -0.39 is 0 Å². The number of halogens is 2. The first-order valence-corrected chi connectivity index (χ1v) is 10.6. The fourth-order valence-electron chi connectivity index (χ4n) is 3.63. The Bertz CT molecular complexity index is 1200. The number of aldehydes is 1. The number of nitrogens with one attached hydrogen (secondary N) is 1. The number of hydrogen-bond acceptors (Lipinski definition) is 5. The van der Waals surface area contributed by atoms with Gasteiger partial charge >= 0.3 is 0 Å². The van der Waals surface area contributed by atoms with Crippen LogP contribution in [0.25, 0.3) is 23.0 Å². The fourth-order valence-corrected chi connectivity index (χ4v) is 4.27. The molecule has 3 aromatic rings. The zero-order chi connectivity index (χ0) is 23.4. The molecule has 32 heavy (non-hydrogen) atoms. The molecule has 6 N–H and O–H groups in total. The molecule has 0 atom stereocenters. The summed E-state index contributed by atoms with van der Waals surface area (Å²) < 4.78 is 15.0. The molecule has 0 saturated heterocycles. The smallest absolute Gasteiger partial charge is 0.142 e. The van der Waals surface area contributed by atoms with Crippen LogP contribution in [-0.4, -0.2) is 28.3 Å². The van der Waals surface area contributed by atoms with Gasteiger partial charge in [-0.2, -0.15) is 0 Å². The first-order valence-electron chi connectivity index (χ1n) is 9.76. The van der Waals surface area contributed by atoms with Crippen LogP contribution in [0.15, 0.2) is 53.5 Å². The number of carbonyl (C=O) groups excluding carboxylic acids is 1. The molecule has 166 valence electrons. The van der Waals surface area contributed by atoms with E-state index in [0.717, 1.165) is 21.3 Å². The van der Waals surface area contributed by atoms with Gasteiger partial charge < -0.3 is 21.6 Å². The van der Waals surface area contributed by atoms with Crippen molar-refractivity contribution < 1.29 is 14.3 Å². The number of aromatic amines is 1. The molecule has 2 aromatic carbocycles. The van der Waals surface area contributed by atoms with Gasteiger partial charge in [-0.15, -0.1) is 0 Å². The van der Waals surface area contributed by atoms with Crippen LogP contribution >= 0.6 is 15.9 Å². The van der Waals surface area contributed by atoms with Gasteiger partial charge in [0.15, 0.2) is 0 Å². The number of allylic oxidation sites excluding steroid dienone is 1. The summed E-state index contributed by atoms with van der Waals surface area (Å²) >= 11 is 3.62. The van der Waals surface area contributed by atoms with Crippen molar-refractivity contribution in [1.82, 2.24) is 9.88 Å². The molecule has 0 radical (unpaired) electrons.